The molecule has 3 aromatic rings. The molecular weight excluding hydrogens is 494 g/mol. The first-order valence-electron chi connectivity index (χ1n) is 11.0. The van der Waals surface area contributed by atoms with Gasteiger partial charge in [0.15, 0.2) is 5.82 Å². The summed E-state index contributed by atoms with van der Waals surface area (Å²) < 4.78 is 25.9. The molecule has 0 unspecified atom stereocenters. The van der Waals surface area contributed by atoms with Crippen LogP contribution in [0.1, 0.15) is 32.8 Å². The standard InChI is InChI=1S/C25H25Cl2FN4O3/c1-25(2,3)35-24(33)32-9-5-6-14(12-32)15-10-16-19(11-20(15)34-4)29-13-30-23(16)31-18-8-7-17(26)21(27)22(18)28/h6-8,10-11,13H,5,9,12H2,1-4H3,(H,29,30,31). The second-order valence-corrected chi connectivity index (χ2v) is 9.84. The molecule has 1 aromatic heterocycles. The molecule has 2 heterocycles. The lowest BCUT2D eigenvalue weighted by Gasteiger charge is -2.30. The van der Waals surface area contributed by atoms with E-state index < -0.39 is 11.4 Å². The number of hydrogen-bond acceptors (Lipinski definition) is 6. The van der Waals surface area contributed by atoms with Crippen molar-refractivity contribution in [1.29, 1.82) is 0 Å². The van der Waals surface area contributed by atoms with Gasteiger partial charge in [-0.2, -0.15) is 0 Å². The van der Waals surface area contributed by atoms with Crippen molar-refractivity contribution in [3.05, 3.63) is 58.1 Å². The molecule has 0 saturated carbocycles. The number of rotatable bonds is 4. The van der Waals surface area contributed by atoms with Crippen LogP contribution in [0.4, 0.5) is 20.7 Å². The number of halogens is 3. The van der Waals surface area contributed by atoms with Gasteiger partial charge in [-0.3, -0.25) is 0 Å². The van der Waals surface area contributed by atoms with Gasteiger partial charge >= 0.3 is 6.09 Å². The molecule has 7 nitrogen and oxygen atoms in total. The van der Waals surface area contributed by atoms with E-state index in [0.29, 0.717) is 42.0 Å². The summed E-state index contributed by atoms with van der Waals surface area (Å²) in [5, 5.41) is 3.58. The summed E-state index contributed by atoms with van der Waals surface area (Å²) in [6.45, 7) is 6.42. The molecular formula is C25H25Cl2FN4O3. The minimum atomic E-state index is -0.678. The van der Waals surface area contributed by atoms with Crippen molar-refractivity contribution >= 4 is 57.3 Å². The lowest BCUT2D eigenvalue weighted by Crippen LogP contribution is -2.39. The molecule has 1 N–H and O–H groups in total. The zero-order valence-corrected chi connectivity index (χ0v) is 21.3. The van der Waals surface area contributed by atoms with Gasteiger partial charge in [-0.15, -0.1) is 0 Å². The van der Waals surface area contributed by atoms with Crippen LogP contribution in [0.2, 0.25) is 10.0 Å². The van der Waals surface area contributed by atoms with Crippen molar-refractivity contribution in [1.82, 2.24) is 14.9 Å². The van der Waals surface area contributed by atoms with E-state index in [0.717, 1.165) is 11.1 Å². The first-order valence-corrected chi connectivity index (χ1v) is 11.7. The minimum absolute atomic E-state index is 0.119. The van der Waals surface area contributed by atoms with E-state index >= 15 is 0 Å². The van der Waals surface area contributed by atoms with Crippen molar-refractivity contribution < 1.29 is 18.7 Å². The number of benzene rings is 2. The Morgan fingerprint density at radius 1 is 1.20 bits per heavy atom. The Labute approximate surface area is 212 Å². The van der Waals surface area contributed by atoms with Crippen molar-refractivity contribution in [2.24, 2.45) is 0 Å². The molecule has 1 aliphatic rings. The second-order valence-electron chi connectivity index (χ2n) is 9.06. The molecule has 4 rings (SSSR count). The van der Waals surface area contributed by atoms with E-state index in [1.807, 2.05) is 26.8 Å². The van der Waals surface area contributed by atoms with E-state index in [9.17, 15) is 9.18 Å². The fourth-order valence-electron chi connectivity index (χ4n) is 3.77. The monoisotopic (exact) mass is 518 g/mol. The van der Waals surface area contributed by atoms with Gasteiger partial charge in [0.2, 0.25) is 0 Å². The Balaban J connectivity index is 1.72. The van der Waals surface area contributed by atoms with E-state index in [2.05, 4.69) is 21.4 Å². The number of ether oxygens (including phenoxy) is 2. The van der Waals surface area contributed by atoms with Gasteiger partial charge in [0.05, 0.1) is 28.4 Å². The van der Waals surface area contributed by atoms with E-state index in [-0.39, 0.29) is 21.8 Å². The number of carbonyl (C=O) groups excluding carboxylic acids is 1. The van der Waals surface area contributed by atoms with E-state index in [4.69, 9.17) is 32.7 Å². The number of anilines is 2. The molecule has 0 spiro atoms. The summed E-state index contributed by atoms with van der Waals surface area (Å²) >= 11 is 11.9. The molecule has 0 fully saturated rings. The first-order chi connectivity index (χ1) is 16.6. The summed E-state index contributed by atoms with van der Waals surface area (Å²) in [5.74, 6) is 0.305. The SMILES string of the molecule is COc1cc2ncnc(Nc3ccc(Cl)c(Cl)c3F)c2cc1C1=CCCN(C(=O)OC(C)(C)C)C1. The summed E-state index contributed by atoms with van der Waals surface area (Å²) in [6.07, 6.45) is 3.74. The highest BCUT2D eigenvalue weighted by Gasteiger charge is 2.26. The third kappa shape index (κ3) is 5.44. The molecule has 0 aliphatic carbocycles. The summed E-state index contributed by atoms with van der Waals surface area (Å²) in [7, 11) is 1.57. The molecule has 2 aromatic carbocycles. The predicted molar refractivity (Wildman–Crippen MR) is 136 cm³/mol. The summed E-state index contributed by atoms with van der Waals surface area (Å²) in [6, 6.07) is 6.65. The predicted octanol–water partition coefficient (Wildman–Crippen LogP) is 6.85. The number of carbonyl (C=O) groups is 1. The molecule has 184 valence electrons. The number of nitrogens with zero attached hydrogens (tertiary/aromatic N) is 3. The Bertz CT molecular complexity index is 1320. The van der Waals surface area contributed by atoms with Crippen LogP contribution < -0.4 is 10.1 Å². The van der Waals surface area contributed by atoms with Crippen molar-refractivity contribution in [2.45, 2.75) is 32.8 Å². The highest BCUT2D eigenvalue weighted by atomic mass is 35.5. The summed E-state index contributed by atoms with van der Waals surface area (Å²) in [4.78, 5) is 23.0. The Hall–Kier alpha value is -3.10. The van der Waals surface area contributed by atoms with Gasteiger partial charge in [-0.05, 0) is 51.0 Å². The molecule has 0 radical (unpaired) electrons. The quantitative estimate of drug-likeness (QED) is 0.380. The molecule has 10 heteroatoms. The van der Waals surface area contributed by atoms with Crippen LogP contribution in [0, 0.1) is 5.82 Å². The Morgan fingerprint density at radius 2 is 1.97 bits per heavy atom. The average molecular weight is 519 g/mol. The number of amides is 1. The zero-order chi connectivity index (χ0) is 25.3. The molecule has 1 amide bonds. The van der Waals surface area contributed by atoms with E-state index in [1.54, 1.807) is 18.1 Å². The van der Waals surface area contributed by atoms with Crippen LogP contribution in [-0.2, 0) is 4.74 Å². The van der Waals surface area contributed by atoms with Crippen LogP contribution in [0.25, 0.3) is 16.5 Å². The van der Waals surface area contributed by atoms with Gasteiger partial charge in [0, 0.05) is 30.1 Å². The third-order valence-corrected chi connectivity index (χ3v) is 6.17. The van der Waals surface area contributed by atoms with Crippen molar-refractivity contribution in [3.8, 4) is 5.75 Å². The van der Waals surface area contributed by atoms with Crippen LogP contribution in [0.3, 0.4) is 0 Å². The molecule has 0 atom stereocenters. The number of nitrogens with one attached hydrogen (secondary N) is 1. The molecule has 0 saturated heterocycles. The molecule has 35 heavy (non-hydrogen) atoms. The first kappa shape index (κ1) is 25.0. The molecule has 0 bridgehead atoms. The summed E-state index contributed by atoms with van der Waals surface area (Å²) in [5.41, 5.74) is 1.82. The fourth-order valence-corrected chi connectivity index (χ4v) is 4.09. The smallest absolute Gasteiger partial charge is 0.410 e. The number of methoxy groups -OCH3 is 1. The van der Waals surface area contributed by atoms with Gasteiger partial charge in [-0.1, -0.05) is 29.3 Å². The normalized spacial score (nSPS) is 14.0. The number of aromatic nitrogens is 2. The zero-order valence-electron chi connectivity index (χ0n) is 19.8. The maximum absolute atomic E-state index is 14.7. The van der Waals surface area contributed by atoms with E-state index in [1.165, 1.54) is 18.5 Å². The maximum atomic E-state index is 14.7. The maximum Gasteiger partial charge on any atom is 0.410 e. The lowest BCUT2D eigenvalue weighted by molar-refractivity contribution is 0.0273. The van der Waals surface area contributed by atoms with Crippen molar-refractivity contribution in [2.75, 3.05) is 25.5 Å². The van der Waals surface area contributed by atoms with Gasteiger partial charge in [-0.25, -0.2) is 19.2 Å². The highest BCUT2D eigenvalue weighted by molar-refractivity contribution is 6.42. The number of hydrogen-bond donors (Lipinski definition) is 1. The second kappa shape index (κ2) is 9.87. The van der Waals surface area contributed by atoms with Gasteiger partial charge in [0.25, 0.3) is 0 Å². The Kier molecular flexibility index (Phi) is 7.05. The van der Waals surface area contributed by atoms with Gasteiger partial charge in [0.1, 0.15) is 23.5 Å². The van der Waals surface area contributed by atoms with Crippen LogP contribution in [0.15, 0.2) is 36.7 Å². The lowest BCUT2D eigenvalue weighted by atomic mass is 9.98. The topological polar surface area (TPSA) is 76.6 Å². The fraction of sp³-hybridized carbons (Fsp3) is 0.320. The van der Waals surface area contributed by atoms with Crippen molar-refractivity contribution in [3.63, 3.8) is 0 Å². The molecule has 1 aliphatic heterocycles. The largest absolute Gasteiger partial charge is 0.496 e. The average Bonchev–Trinajstić information content (AvgIpc) is 2.82. The minimum Gasteiger partial charge on any atom is -0.496 e. The Morgan fingerprint density at radius 3 is 2.69 bits per heavy atom. The third-order valence-electron chi connectivity index (χ3n) is 5.39. The van der Waals surface area contributed by atoms with Crippen LogP contribution in [0.5, 0.6) is 5.75 Å². The number of fused-ring (bicyclic) bond motifs is 1. The van der Waals surface area contributed by atoms with Crippen LogP contribution >= 0.6 is 23.2 Å². The highest BCUT2D eigenvalue weighted by Crippen LogP contribution is 2.37. The van der Waals surface area contributed by atoms with Crippen LogP contribution in [-0.4, -0.2) is 46.8 Å². The van der Waals surface area contributed by atoms with Gasteiger partial charge < -0.3 is 19.7 Å².